The number of anilines is 1. The Balaban J connectivity index is 2.11. The second-order valence-electron chi connectivity index (χ2n) is 9.09. The maximum Gasteiger partial charge on any atom is 0.228 e. The van der Waals surface area contributed by atoms with E-state index in [1.54, 1.807) is 13.2 Å². The Labute approximate surface area is 222 Å². The van der Waals surface area contributed by atoms with Gasteiger partial charge in [-0.25, -0.2) is 0 Å². The number of hydrogen-bond acceptors (Lipinski definition) is 3. The molecule has 7 heteroatoms. The maximum absolute atomic E-state index is 12.4. The molecule has 196 valence electrons. The van der Waals surface area contributed by atoms with Crippen LogP contribution in [0.2, 0.25) is 0 Å². The lowest BCUT2D eigenvalue weighted by Gasteiger charge is -2.28. The number of carbonyl (C=O) groups excluding carboxylic acids is 1. The molecule has 1 rings (SSSR count). The largest absolute Gasteiger partial charge is 0.495 e. The number of alkyl halides is 3. The zero-order chi connectivity index (χ0) is 25.1. The van der Waals surface area contributed by atoms with E-state index in [9.17, 15) is 4.79 Å². The summed E-state index contributed by atoms with van der Waals surface area (Å²) in [7, 11) is 1.57. The van der Waals surface area contributed by atoms with Gasteiger partial charge >= 0.3 is 0 Å². The van der Waals surface area contributed by atoms with E-state index in [-0.39, 0.29) is 5.91 Å². The van der Waals surface area contributed by atoms with Gasteiger partial charge in [0, 0.05) is 6.42 Å². The highest BCUT2D eigenvalue weighted by atomic mass is 35.6. The number of para-hydroxylation sites is 2. The second kappa shape index (κ2) is 19.4. The summed E-state index contributed by atoms with van der Waals surface area (Å²) in [4.78, 5) is 12.4. The Bertz CT molecular complexity index is 653. The smallest absolute Gasteiger partial charge is 0.228 e. The summed E-state index contributed by atoms with van der Waals surface area (Å²) in [5.74, 6) is 0.479. The molecular formula is C27H45Cl3N2O2. The number of amides is 1. The molecule has 1 amide bonds. The first-order chi connectivity index (χ1) is 16.4. The van der Waals surface area contributed by atoms with Gasteiger partial charge in [0.2, 0.25) is 9.70 Å². The number of nitrogens with one attached hydrogen (secondary N) is 2. The highest BCUT2D eigenvalue weighted by molar-refractivity contribution is 6.68. The van der Waals surface area contributed by atoms with Crippen molar-refractivity contribution in [1.82, 2.24) is 5.32 Å². The fourth-order valence-corrected chi connectivity index (χ4v) is 4.34. The van der Waals surface area contributed by atoms with Gasteiger partial charge in [-0.3, -0.25) is 4.79 Å². The SMILES string of the molecule is CCCCCCCCCCCCCCCCCC(=O)N[C@@H](Nc1ccccc1OC)C(Cl)(Cl)Cl. The predicted molar refractivity (Wildman–Crippen MR) is 148 cm³/mol. The molecule has 0 aliphatic carbocycles. The lowest BCUT2D eigenvalue weighted by Crippen LogP contribution is -2.49. The van der Waals surface area contributed by atoms with Gasteiger partial charge in [-0.15, -0.1) is 0 Å². The number of ether oxygens (including phenoxy) is 1. The lowest BCUT2D eigenvalue weighted by atomic mass is 10.0. The van der Waals surface area contributed by atoms with Crippen molar-refractivity contribution in [1.29, 1.82) is 0 Å². The monoisotopic (exact) mass is 534 g/mol. The third kappa shape index (κ3) is 15.2. The molecule has 0 saturated carbocycles. The van der Waals surface area contributed by atoms with Gasteiger partial charge in [-0.2, -0.15) is 0 Å². The molecular weight excluding hydrogens is 491 g/mol. The molecule has 0 spiro atoms. The number of benzene rings is 1. The fourth-order valence-electron chi connectivity index (χ4n) is 4.01. The van der Waals surface area contributed by atoms with Gasteiger partial charge in [-0.05, 0) is 18.6 Å². The molecule has 4 nitrogen and oxygen atoms in total. The molecule has 0 heterocycles. The number of unbranched alkanes of at least 4 members (excludes halogenated alkanes) is 14. The van der Waals surface area contributed by atoms with Crippen LogP contribution in [-0.2, 0) is 4.79 Å². The molecule has 1 aromatic carbocycles. The van der Waals surface area contributed by atoms with E-state index >= 15 is 0 Å². The van der Waals surface area contributed by atoms with Gasteiger partial charge in [-0.1, -0.05) is 144 Å². The first-order valence-corrected chi connectivity index (χ1v) is 14.3. The van der Waals surface area contributed by atoms with E-state index in [0.29, 0.717) is 17.9 Å². The Morgan fingerprint density at radius 2 is 1.29 bits per heavy atom. The average molecular weight is 536 g/mol. The van der Waals surface area contributed by atoms with Crippen LogP contribution in [0.4, 0.5) is 5.69 Å². The van der Waals surface area contributed by atoms with Crippen LogP contribution in [0.15, 0.2) is 24.3 Å². The fraction of sp³-hybridized carbons (Fsp3) is 0.741. The summed E-state index contributed by atoms with van der Waals surface area (Å²) in [6, 6.07) is 7.30. The molecule has 0 aliphatic rings. The van der Waals surface area contributed by atoms with Gasteiger partial charge in [0.1, 0.15) is 11.9 Å². The van der Waals surface area contributed by atoms with E-state index in [4.69, 9.17) is 39.5 Å². The van der Waals surface area contributed by atoms with E-state index in [1.807, 2.05) is 18.2 Å². The standard InChI is InChI=1S/C27H45Cl3N2O2/c1-3-4-5-6-7-8-9-10-11-12-13-14-15-16-17-22-25(33)32-26(27(28,29)30)31-23-20-18-19-21-24(23)34-2/h18-21,26,31H,3-17,22H2,1-2H3,(H,32,33)/t26-/m1/s1. The van der Waals surface area contributed by atoms with E-state index in [1.165, 1.54) is 77.0 Å². The summed E-state index contributed by atoms with van der Waals surface area (Å²) >= 11 is 18.3. The van der Waals surface area contributed by atoms with Crippen molar-refractivity contribution in [2.45, 2.75) is 120 Å². The Morgan fingerprint density at radius 1 is 0.824 bits per heavy atom. The minimum absolute atomic E-state index is 0.131. The van der Waals surface area contributed by atoms with Crippen LogP contribution >= 0.6 is 34.8 Å². The average Bonchev–Trinajstić information content (AvgIpc) is 2.81. The van der Waals surface area contributed by atoms with Gasteiger partial charge in [0.15, 0.2) is 0 Å². The summed E-state index contributed by atoms with van der Waals surface area (Å²) < 4.78 is 3.62. The lowest BCUT2D eigenvalue weighted by molar-refractivity contribution is -0.121. The summed E-state index contributed by atoms with van der Waals surface area (Å²) in [5.41, 5.74) is 0.647. The molecule has 2 N–H and O–H groups in total. The van der Waals surface area contributed by atoms with Crippen molar-refractivity contribution in [3.8, 4) is 5.75 Å². The summed E-state index contributed by atoms with van der Waals surface area (Å²) in [5, 5.41) is 5.88. The van der Waals surface area contributed by atoms with Crippen LogP contribution in [0, 0.1) is 0 Å². The molecule has 1 aromatic rings. The predicted octanol–water partition coefficient (Wildman–Crippen LogP) is 9.18. The Morgan fingerprint density at radius 3 is 1.76 bits per heavy atom. The third-order valence-corrected chi connectivity index (χ3v) is 6.70. The second-order valence-corrected chi connectivity index (χ2v) is 11.5. The highest BCUT2D eigenvalue weighted by Gasteiger charge is 2.34. The number of methoxy groups -OCH3 is 1. The minimum Gasteiger partial charge on any atom is -0.495 e. The van der Waals surface area contributed by atoms with Crippen LogP contribution in [0.5, 0.6) is 5.75 Å². The molecule has 34 heavy (non-hydrogen) atoms. The Hall–Kier alpha value is -0.840. The molecule has 0 unspecified atom stereocenters. The van der Waals surface area contributed by atoms with Gasteiger partial charge in [0.25, 0.3) is 0 Å². The summed E-state index contributed by atoms with van der Waals surface area (Å²) in [6.45, 7) is 2.27. The minimum atomic E-state index is -1.70. The zero-order valence-corrected chi connectivity index (χ0v) is 23.4. The Kier molecular flexibility index (Phi) is 17.8. The maximum atomic E-state index is 12.4. The van der Waals surface area contributed by atoms with Crippen LogP contribution < -0.4 is 15.4 Å². The van der Waals surface area contributed by atoms with Crippen LogP contribution in [0.1, 0.15) is 110 Å². The van der Waals surface area contributed by atoms with Crippen molar-refractivity contribution < 1.29 is 9.53 Å². The highest BCUT2D eigenvalue weighted by Crippen LogP contribution is 2.33. The summed E-state index contributed by atoms with van der Waals surface area (Å²) in [6.07, 6.45) is 18.9. The van der Waals surface area contributed by atoms with E-state index in [2.05, 4.69) is 17.6 Å². The van der Waals surface area contributed by atoms with E-state index in [0.717, 1.165) is 19.3 Å². The number of halogens is 3. The van der Waals surface area contributed by atoms with E-state index < -0.39 is 9.96 Å². The normalized spacial score (nSPS) is 12.4. The molecule has 0 aliphatic heterocycles. The van der Waals surface area contributed by atoms with Crippen LogP contribution in [0.3, 0.4) is 0 Å². The quantitative estimate of drug-likeness (QED) is 0.0993. The topological polar surface area (TPSA) is 50.4 Å². The number of hydrogen-bond donors (Lipinski definition) is 2. The third-order valence-electron chi connectivity index (χ3n) is 6.05. The first kappa shape index (κ1) is 31.2. The molecule has 0 saturated heterocycles. The molecule has 0 radical (unpaired) electrons. The molecule has 1 atom stereocenters. The van der Waals surface area contributed by atoms with Gasteiger partial charge in [0.05, 0.1) is 12.8 Å². The van der Waals surface area contributed by atoms with Crippen LogP contribution in [-0.4, -0.2) is 23.0 Å². The van der Waals surface area contributed by atoms with Crippen molar-refractivity contribution in [3.05, 3.63) is 24.3 Å². The number of carbonyl (C=O) groups is 1. The zero-order valence-electron chi connectivity index (χ0n) is 21.2. The number of rotatable bonds is 20. The van der Waals surface area contributed by atoms with Gasteiger partial charge < -0.3 is 15.4 Å². The first-order valence-electron chi connectivity index (χ1n) is 13.1. The van der Waals surface area contributed by atoms with Crippen molar-refractivity contribution in [2.75, 3.05) is 12.4 Å². The molecule has 0 bridgehead atoms. The molecule has 0 aromatic heterocycles. The molecule has 0 fully saturated rings. The van der Waals surface area contributed by atoms with Crippen molar-refractivity contribution >= 4 is 46.4 Å². The van der Waals surface area contributed by atoms with Crippen LogP contribution in [0.25, 0.3) is 0 Å². The van der Waals surface area contributed by atoms with Crippen molar-refractivity contribution in [3.63, 3.8) is 0 Å². The van der Waals surface area contributed by atoms with Crippen molar-refractivity contribution in [2.24, 2.45) is 0 Å².